The molecule has 0 bridgehead atoms. The molecule has 0 aliphatic carbocycles. The van der Waals surface area contributed by atoms with Crippen LogP contribution in [0.1, 0.15) is 13.8 Å². The van der Waals surface area contributed by atoms with Crippen LogP contribution in [0.25, 0.3) is 11.4 Å². The number of anilines is 1. The molecule has 2 rings (SSSR count). The zero-order valence-corrected chi connectivity index (χ0v) is 12.7. The second kappa shape index (κ2) is 5.26. The minimum atomic E-state index is -0.342. The van der Waals surface area contributed by atoms with Gasteiger partial charge in [-0.15, -0.1) is 5.10 Å². The fraction of sp³-hybridized carbons (Fsp3) is 0.417. The van der Waals surface area contributed by atoms with Crippen molar-refractivity contribution in [2.24, 2.45) is 0 Å². The first-order chi connectivity index (χ1) is 8.93. The van der Waals surface area contributed by atoms with Crippen LogP contribution in [0.3, 0.4) is 0 Å². The summed E-state index contributed by atoms with van der Waals surface area (Å²) in [5, 5.41) is 11.8. The summed E-state index contributed by atoms with van der Waals surface area (Å²) in [4.78, 5) is 0. The van der Waals surface area contributed by atoms with Gasteiger partial charge in [-0.2, -0.15) is 0 Å². The maximum atomic E-state index is 5.88. The smallest absolute Gasteiger partial charge is 0.182 e. The molecule has 0 spiro atoms. The fourth-order valence-corrected chi connectivity index (χ4v) is 1.87. The van der Waals surface area contributed by atoms with E-state index >= 15 is 0 Å². The van der Waals surface area contributed by atoms with E-state index in [2.05, 4.69) is 31.5 Å². The molecule has 6 nitrogen and oxygen atoms in total. The molecule has 0 saturated carbocycles. The number of nitrogens with two attached hydrogens (primary N) is 1. The Balaban J connectivity index is 2.36. The molecule has 0 fully saturated rings. The van der Waals surface area contributed by atoms with Gasteiger partial charge in [-0.05, 0) is 58.4 Å². The molecule has 0 aliphatic heterocycles. The van der Waals surface area contributed by atoms with Crippen molar-refractivity contribution in [3.05, 3.63) is 22.7 Å². The average Bonchev–Trinajstić information content (AvgIpc) is 2.80. The Morgan fingerprint density at radius 3 is 2.79 bits per heavy atom. The van der Waals surface area contributed by atoms with Crippen molar-refractivity contribution in [1.82, 2.24) is 20.2 Å². The molecule has 102 valence electrons. The molecule has 0 saturated heterocycles. The van der Waals surface area contributed by atoms with E-state index in [4.69, 9.17) is 10.5 Å². The molecule has 1 aromatic heterocycles. The van der Waals surface area contributed by atoms with Crippen LogP contribution in [0.2, 0.25) is 0 Å². The van der Waals surface area contributed by atoms with Crippen molar-refractivity contribution in [1.29, 1.82) is 0 Å². The third-order valence-corrected chi connectivity index (χ3v) is 3.59. The van der Waals surface area contributed by atoms with Gasteiger partial charge < -0.3 is 10.5 Å². The highest BCUT2D eigenvalue weighted by molar-refractivity contribution is 9.10. The van der Waals surface area contributed by atoms with Gasteiger partial charge in [0.2, 0.25) is 0 Å². The minimum absolute atomic E-state index is 0.342. The number of halogens is 1. The first-order valence-electron chi connectivity index (χ1n) is 5.80. The number of rotatable bonds is 4. The Labute approximate surface area is 120 Å². The quantitative estimate of drug-likeness (QED) is 0.871. The third-order valence-electron chi connectivity index (χ3n) is 2.87. The number of tetrazole rings is 1. The molecule has 7 heteroatoms. The topological polar surface area (TPSA) is 78.8 Å². The summed E-state index contributed by atoms with van der Waals surface area (Å²) in [7, 11) is 1.67. The number of hydrogen-bond acceptors (Lipinski definition) is 5. The number of aromatic nitrogens is 4. The second-order valence-corrected chi connectivity index (χ2v) is 5.71. The summed E-state index contributed by atoms with van der Waals surface area (Å²) in [6.07, 6.45) is 0. The molecule has 2 N–H and O–H groups in total. The zero-order valence-electron chi connectivity index (χ0n) is 11.1. The lowest BCUT2D eigenvalue weighted by atomic mass is 10.1. The van der Waals surface area contributed by atoms with E-state index in [1.807, 2.05) is 32.0 Å². The fourth-order valence-electron chi connectivity index (χ4n) is 1.63. The predicted octanol–water partition coefficient (Wildman–Crippen LogP) is 2.11. The number of hydrogen-bond donors (Lipinski definition) is 1. The van der Waals surface area contributed by atoms with E-state index in [-0.39, 0.29) is 5.60 Å². The number of methoxy groups -OCH3 is 1. The molecule has 1 aromatic carbocycles. The number of nitrogen functional groups attached to an aromatic ring is 1. The van der Waals surface area contributed by atoms with E-state index in [1.165, 1.54) is 0 Å². The Hall–Kier alpha value is -1.47. The van der Waals surface area contributed by atoms with Crippen molar-refractivity contribution in [2.45, 2.75) is 26.0 Å². The van der Waals surface area contributed by atoms with Crippen molar-refractivity contribution in [2.75, 3.05) is 12.8 Å². The van der Waals surface area contributed by atoms with Crippen LogP contribution in [-0.4, -0.2) is 32.9 Å². The van der Waals surface area contributed by atoms with Gasteiger partial charge in [0.15, 0.2) is 5.82 Å². The van der Waals surface area contributed by atoms with Gasteiger partial charge in [0.05, 0.1) is 12.1 Å². The van der Waals surface area contributed by atoms with Crippen LogP contribution in [0.4, 0.5) is 5.69 Å². The first kappa shape index (κ1) is 14.0. The largest absolute Gasteiger partial charge is 0.398 e. The highest BCUT2D eigenvalue weighted by atomic mass is 79.9. The van der Waals surface area contributed by atoms with E-state index in [1.54, 1.807) is 11.8 Å². The Morgan fingerprint density at radius 1 is 1.42 bits per heavy atom. The van der Waals surface area contributed by atoms with Gasteiger partial charge in [0.25, 0.3) is 0 Å². The summed E-state index contributed by atoms with van der Waals surface area (Å²) in [5.41, 5.74) is 7.06. The number of benzene rings is 1. The van der Waals surface area contributed by atoms with Crippen LogP contribution in [0, 0.1) is 0 Å². The van der Waals surface area contributed by atoms with Crippen LogP contribution < -0.4 is 5.73 Å². The molecule has 0 atom stereocenters. The average molecular weight is 326 g/mol. The maximum Gasteiger partial charge on any atom is 0.182 e. The maximum absolute atomic E-state index is 5.88. The SMILES string of the molecule is COC(C)(C)Cn1nnnc1-c1ccc(Br)c(N)c1. The third kappa shape index (κ3) is 3.10. The summed E-state index contributed by atoms with van der Waals surface area (Å²) in [5.74, 6) is 0.671. The molecule has 0 aliphatic rings. The van der Waals surface area contributed by atoms with Crippen molar-refractivity contribution in [3.63, 3.8) is 0 Å². The molecule has 0 radical (unpaired) electrons. The normalized spacial score (nSPS) is 11.8. The molecular formula is C12H16BrN5O. The molecule has 0 amide bonds. The Bertz CT molecular complexity index is 581. The van der Waals surface area contributed by atoms with Gasteiger partial charge in [-0.25, -0.2) is 4.68 Å². The predicted molar refractivity (Wildman–Crippen MR) is 76.5 cm³/mol. The van der Waals surface area contributed by atoms with Crippen molar-refractivity contribution in [3.8, 4) is 11.4 Å². The molecule has 2 aromatic rings. The Kier molecular flexibility index (Phi) is 3.86. The van der Waals surface area contributed by atoms with Gasteiger partial charge in [-0.3, -0.25) is 0 Å². The molecular weight excluding hydrogens is 310 g/mol. The molecule has 0 unspecified atom stereocenters. The lowest BCUT2D eigenvalue weighted by Crippen LogP contribution is -2.30. The second-order valence-electron chi connectivity index (χ2n) is 4.86. The molecule has 1 heterocycles. The van der Waals surface area contributed by atoms with Crippen LogP contribution in [-0.2, 0) is 11.3 Å². The monoisotopic (exact) mass is 325 g/mol. The standard InChI is InChI=1S/C12H16BrN5O/c1-12(2,19-3)7-18-11(15-16-17-18)8-4-5-9(13)10(14)6-8/h4-6H,7,14H2,1-3H3. The molecule has 19 heavy (non-hydrogen) atoms. The summed E-state index contributed by atoms with van der Waals surface area (Å²) in [6, 6.07) is 5.64. The van der Waals surface area contributed by atoms with Gasteiger partial charge in [0, 0.05) is 22.8 Å². The number of nitrogens with zero attached hydrogens (tertiary/aromatic N) is 4. The van der Waals surface area contributed by atoms with Crippen LogP contribution in [0.5, 0.6) is 0 Å². The highest BCUT2D eigenvalue weighted by Gasteiger charge is 2.21. The van der Waals surface area contributed by atoms with Crippen LogP contribution in [0.15, 0.2) is 22.7 Å². The summed E-state index contributed by atoms with van der Waals surface area (Å²) in [6.45, 7) is 4.52. The first-order valence-corrected chi connectivity index (χ1v) is 6.59. The van der Waals surface area contributed by atoms with Crippen molar-refractivity contribution < 1.29 is 4.74 Å². The highest BCUT2D eigenvalue weighted by Crippen LogP contribution is 2.26. The van der Waals surface area contributed by atoms with Gasteiger partial charge in [0.1, 0.15) is 0 Å². The van der Waals surface area contributed by atoms with E-state index in [0.29, 0.717) is 18.1 Å². The van der Waals surface area contributed by atoms with Crippen LogP contribution >= 0.6 is 15.9 Å². The summed E-state index contributed by atoms with van der Waals surface area (Å²) < 4.78 is 7.96. The van der Waals surface area contributed by atoms with Crippen molar-refractivity contribution >= 4 is 21.6 Å². The van der Waals surface area contributed by atoms with Gasteiger partial charge in [-0.1, -0.05) is 0 Å². The van der Waals surface area contributed by atoms with E-state index in [0.717, 1.165) is 10.0 Å². The van der Waals surface area contributed by atoms with Gasteiger partial charge >= 0.3 is 0 Å². The van der Waals surface area contributed by atoms with E-state index < -0.39 is 0 Å². The summed E-state index contributed by atoms with van der Waals surface area (Å²) >= 11 is 3.37. The van der Waals surface area contributed by atoms with E-state index in [9.17, 15) is 0 Å². The zero-order chi connectivity index (χ0) is 14.0. The Morgan fingerprint density at radius 2 is 2.16 bits per heavy atom. The minimum Gasteiger partial charge on any atom is -0.398 e. The number of ether oxygens (including phenoxy) is 1. The lowest BCUT2D eigenvalue weighted by Gasteiger charge is -2.22. The lowest BCUT2D eigenvalue weighted by molar-refractivity contribution is 0.00539.